The monoisotopic (exact) mass is 336 g/mol. The molecule has 2 rings (SSSR count). The van der Waals surface area contributed by atoms with Crippen molar-refractivity contribution in [3.63, 3.8) is 0 Å². The fraction of sp³-hybridized carbons (Fsp3) is 0.400. The molecule has 2 heterocycles. The minimum atomic E-state index is -4.70. The van der Waals surface area contributed by atoms with Crippen molar-refractivity contribution >= 4 is 37.9 Å². The number of aryl methyl sites for hydroxylation is 1. The molecule has 5 nitrogen and oxygen atoms in total. The zero-order valence-corrected chi connectivity index (χ0v) is 11.8. The molecule has 1 aromatic heterocycles. The van der Waals surface area contributed by atoms with E-state index in [0.29, 0.717) is 10.3 Å². The lowest BCUT2D eigenvalue weighted by molar-refractivity contribution is -0.117. The van der Waals surface area contributed by atoms with Crippen LogP contribution >= 0.6 is 15.9 Å². The standard InChI is InChI=1S/C10H10BrFN2O3S/c1-6-2-3-13-10(9(6)11)14-5-7(4-8(14)15)18(12,16)17/h2-3,7H,4-5H2,1H3. The first kappa shape index (κ1) is 13.4. The molecule has 1 fully saturated rings. The average molecular weight is 337 g/mol. The molecule has 98 valence electrons. The molecule has 0 saturated carbocycles. The molecular weight excluding hydrogens is 327 g/mol. The Morgan fingerprint density at radius 2 is 2.22 bits per heavy atom. The van der Waals surface area contributed by atoms with Crippen molar-refractivity contribution in [3.8, 4) is 0 Å². The van der Waals surface area contributed by atoms with E-state index in [2.05, 4.69) is 20.9 Å². The molecule has 1 saturated heterocycles. The number of nitrogens with zero attached hydrogens (tertiary/aromatic N) is 2. The lowest BCUT2D eigenvalue weighted by Gasteiger charge is -2.17. The summed E-state index contributed by atoms with van der Waals surface area (Å²) in [7, 11) is -4.70. The second-order valence-corrected chi connectivity index (χ2v) is 6.48. The smallest absolute Gasteiger partial charge is 0.294 e. The van der Waals surface area contributed by atoms with Gasteiger partial charge in [-0.3, -0.25) is 9.69 Å². The average Bonchev–Trinajstić information content (AvgIpc) is 2.64. The van der Waals surface area contributed by atoms with Crippen LogP contribution in [0.4, 0.5) is 9.70 Å². The van der Waals surface area contributed by atoms with Gasteiger partial charge in [-0.2, -0.15) is 8.42 Å². The van der Waals surface area contributed by atoms with Crippen LogP contribution in [0.1, 0.15) is 12.0 Å². The summed E-state index contributed by atoms with van der Waals surface area (Å²) in [6.07, 6.45) is 1.17. The van der Waals surface area contributed by atoms with Crippen LogP contribution in [0, 0.1) is 6.92 Å². The van der Waals surface area contributed by atoms with Crippen LogP contribution in [0.5, 0.6) is 0 Å². The Kier molecular flexibility index (Phi) is 3.41. The molecule has 1 unspecified atom stereocenters. The van der Waals surface area contributed by atoms with Gasteiger partial charge in [0.1, 0.15) is 11.1 Å². The number of amides is 1. The van der Waals surface area contributed by atoms with Crippen molar-refractivity contribution in [2.45, 2.75) is 18.6 Å². The molecule has 0 N–H and O–H groups in total. The molecule has 1 atom stereocenters. The largest absolute Gasteiger partial charge is 0.307 e. The van der Waals surface area contributed by atoms with E-state index in [4.69, 9.17) is 0 Å². The van der Waals surface area contributed by atoms with Gasteiger partial charge in [0.25, 0.3) is 0 Å². The van der Waals surface area contributed by atoms with E-state index in [-0.39, 0.29) is 13.0 Å². The quantitative estimate of drug-likeness (QED) is 0.768. The van der Waals surface area contributed by atoms with Crippen molar-refractivity contribution in [3.05, 3.63) is 22.3 Å². The van der Waals surface area contributed by atoms with Gasteiger partial charge >= 0.3 is 10.2 Å². The summed E-state index contributed by atoms with van der Waals surface area (Å²) < 4.78 is 35.2. The topological polar surface area (TPSA) is 67.3 Å². The first-order chi connectivity index (χ1) is 8.30. The second kappa shape index (κ2) is 4.58. The van der Waals surface area contributed by atoms with Gasteiger partial charge in [0.05, 0.1) is 4.47 Å². The van der Waals surface area contributed by atoms with E-state index in [9.17, 15) is 17.1 Å². The van der Waals surface area contributed by atoms with Gasteiger partial charge in [-0.15, -0.1) is 3.89 Å². The second-order valence-electron chi connectivity index (χ2n) is 4.07. The van der Waals surface area contributed by atoms with Gasteiger partial charge < -0.3 is 0 Å². The van der Waals surface area contributed by atoms with Crippen LogP contribution in [0.25, 0.3) is 0 Å². The van der Waals surface area contributed by atoms with Crippen molar-refractivity contribution in [2.24, 2.45) is 0 Å². The maximum absolute atomic E-state index is 12.9. The first-order valence-electron chi connectivity index (χ1n) is 5.15. The van der Waals surface area contributed by atoms with Crippen LogP contribution < -0.4 is 4.90 Å². The molecule has 1 amide bonds. The maximum Gasteiger partial charge on any atom is 0.307 e. The number of hydrogen-bond acceptors (Lipinski definition) is 4. The summed E-state index contributed by atoms with van der Waals surface area (Å²) in [6.45, 7) is 1.62. The highest BCUT2D eigenvalue weighted by Crippen LogP contribution is 2.31. The van der Waals surface area contributed by atoms with Gasteiger partial charge in [-0.05, 0) is 34.5 Å². The summed E-state index contributed by atoms with van der Waals surface area (Å²) in [4.78, 5) is 17.0. The van der Waals surface area contributed by atoms with Crippen LogP contribution in [-0.4, -0.2) is 31.1 Å². The lowest BCUT2D eigenvalue weighted by Crippen LogP contribution is -2.28. The SMILES string of the molecule is Cc1ccnc(N2CC(S(=O)(=O)F)CC2=O)c1Br. The van der Waals surface area contributed by atoms with Gasteiger partial charge in [-0.1, -0.05) is 0 Å². The van der Waals surface area contributed by atoms with E-state index in [1.807, 2.05) is 6.92 Å². The minimum absolute atomic E-state index is 0.202. The summed E-state index contributed by atoms with van der Waals surface area (Å²) >= 11 is 3.29. The normalized spacial score (nSPS) is 20.5. The Balaban J connectivity index is 2.36. The predicted octanol–water partition coefficient (Wildman–Crippen LogP) is 1.56. The van der Waals surface area contributed by atoms with Crippen molar-refractivity contribution < 1.29 is 17.1 Å². The first-order valence-corrected chi connectivity index (χ1v) is 7.39. The number of pyridine rings is 1. The Hall–Kier alpha value is -1.02. The van der Waals surface area contributed by atoms with Gasteiger partial charge in [0.2, 0.25) is 5.91 Å². The molecule has 0 aromatic carbocycles. The zero-order valence-electron chi connectivity index (χ0n) is 9.43. The van der Waals surface area contributed by atoms with Crippen molar-refractivity contribution in [1.82, 2.24) is 4.98 Å². The molecule has 0 aliphatic carbocycles. The Labute approximate surface area is 112 Å². The molecule has 1 aliphatic heterocycles. The highest BCUT2D eigenvalue weighted by atomic mass is 79.9. The highest BCUT2D eigenvalue weighted by molar-refractivity contribution is 9.10. The summed E-state index contributed by atoms with van der Waals surface area (Å²) in [5, 5.41) is -1.31. The lowest BCUT2D eigenvalue weighted by atomic mass is 10.3. The number of carbonyl (C=O) groups is 1. The van der Waals surface area contributed by atoms with Crippen molar-refractivity contribution in [1.29, 1.82) is 0 Å². The van der Waals surface area contributed by atoms with Gasteiger partial charge in [0.15, 0.2) is 0 Å². The van der Waals surface area contributed by atoms with Crippen molar-refractivity contribution in [2.75, 3.05) is 11.4 Å². The Morgan fingerprint density at radius 3 is 2.78 bits per heavy atom. The minimum Gasteiger partial charge on any atom is -0.294 e. The molecule has 1 aromatic rings. The third-order valence-corrected chi connectivity index (χ3v) is 4.90. The van der Waals surface area contributed by atoms with Crippen LogP contribution in [-0.2, 0) is 15.0 Å². The number of rotatable bonds is 2. The number of carbonyl (C=O) groups excluding carboxylic acids is 1. The fourth-order valence-electron chi connectivity index (χ4n) is 1.78. The van der Waals surface area contributed by atoms with E-state index in [0.717, 1.165) is 5.56 Å². The summed E-state index contributed by atoms with van der Waals surface area (Å²) in [5.74, 6) is -0.119. The molecular formula is C10H10BrFN2O3S. The molecule has 0 radical (unpaired) electrons. The molecule has 1 aliphatic rings. The van der Waals surface area contributed by atoms with Crippen LogP contribution in [0.2, 0.25) is 0 Å². The summed E-state index contributed by atoms with van der Waals surface area (Å²) in [5.41, 5.74) is 0.861. The molecule has 0 spiro atoms. The Bertz CT molecular complexity index is 605. The number of hydrogen-bond donors (Lipinski definition) is 0. The van der Waals surface area contributed by atoms with E-state index in [1.54, 1.807) is 6.07 Å². The van der Waals surface area contributed by atoms with Gasteiger partial charge in [-0.25, -0.2) is 4.98 Å². The number of aromatic nitrogens is 1. The van der Waals surface area contributed by atoms with Crippen LogP contribution in [0.3, 0.4) is 0 Å². The van der Waals surface area contributed by atoms with Crippen LogP contribution in [0.15, 0.2) is 16.7 Å². The Morgan fingerprint density at radius 1 is 1.56 bits per heavy atom. The van der Waals surface area contributed by atoms with E-state index in [1.165, 1.54) is 11.1 Å². The third-order valence-electron chi connectivity index (χ3n) is 2.81. The molecule has 18 heavy (non-hydrogen) atoms. The van der Waals surface area contributed by atoms with E-state index < -0.39 is 21.4 Å². The summed E-state index contributed by atoms with van der Waals surface area (Å²) in [6, 6.07) is 1.75. The third kappa shape index (κ3) is 2.39. The van der Waals surface area contributed by atoms with E-state index >= 15 is 0 Å². The number of halogens is 2. The molecule has 0 bridgehead atoms. The number of anilines is 1. The van der Waals surface area contributed by atoms with Gasteiger partial charge in [0, 0.05) is 19.2 Å². The molecule has 8 heteroatoms. The highest BCUT2D eigenvalue weighted by Gasteiger charge is 2.40. The zero-order chi connectivity index (χ0) is 13.5. The fourth-order valence-corrected chi connectivity index (χ4v) is 2.90. The maximum atomic E-state index is 12.9. The predicted molar refractivity (Wildman–Crippen MR) is 67.5 cm³/mol.